The van der Waals surface area contributed by atoms with Crippen LogP contribution in [0.5, 0.6) is 0 Å². The van der Waals surface area contributed by atoms with Gasteiger partial charge in [0.1, 0.15) is 18.3 Å². The summed E-state index contributed by atoms with van der Waals surface area (Å²) >= 11 is 0. The van der Waals surface area contributed by atoms with E-state index < -0.39 is 24.1 Å². The van der Waals surface area contributed by atoms with E-state index in [1.165, 1.54) is 9.96 Å². The molecule has 2 amide bonds. The number of hydroxylamine groups is 2. The summed E-state index contributed by atoms with van der Waals surface area (Å²) in [4.78, 5) is 32.0. The topological polar surface area (TPSA) is 87.9 Å². The second-order valence-corrected chi connectivity index (χ2v) is 7.03. The molecule has 146 valence electrons. The molecule has 8 nitrogen and oxygen atoms in total. The van der Waals surface area contributed by atoms with Crippen molar-refractivity contribution < 1.29 is 19.5 Å². The van der Waals surface area contributed by atoms with E-state index in [-0.39, 0.29) is 13.2 Å². The molecule has 8 heteroatoms. The molecule has 5 rings (SSSR count). The number of aliphatic carboxylic acids is 1. The van der Waals surface area contributed by atoms with Gasteiger partial charge in [0, 0.05) is 11.8 Å². The number of amides is 2. The number of carbonyl (C=O) groups is 2. The molecular weight excluding hydrogens is 372 g/mol. The highest BCUT2D eigenvalue weighted by Gasteiger charge is 2.52. The maximum atomic E-state index is 12.9. The third-order valence-electron chi connectivity index (χ3n) is 5.26. The first kappa shape index (κ1) is 17.4. The quantitative estimate of drug-likeness (QED) is 0.724. The molecule has 0 radical (unpaired) electrons. The van der Waals surface area contributed by atoms with Crippen molar-refractivity contribution in [2.45, 2.75) is 18.7 Å². The van der Waals surface area contributed by atoms with E-state index in [4.69, 9.17) is 4.84 Å². The maximum absolute atomic E-state index is 12.9. The van der Waals surface area contributed by atoms with Gasteiger partial charge in [-0.2, -0.15) is 10.2 Å². The lowest BCUT2D eigenvalue weighted by Gasteiger charge is -2.26. The Morgan fingerprint density at radius 3 is 2.48 bits per heavy atom. The number of hydrogen-bond donors (Lipinski definition) is 1. The van der Waals surface area contributed by atoms with Crippen LogP contribution < -0.4 is 0 Å². The van der Waals surface area contributed by atoms with Gasteiger partial charge in [0.2, 0.25) is 0 Å². The fourth-order valence-corrected chi connectivity index (χ4v) is 3.88. The molecule has 1 N–H and O–H groups in total. The third kappa shape index (κ3) is 2.85. The van der Waals surface area contributed by atoms with Crippen LogP contribution >= 0.6 is 0 Å². The largest absolute Gasteiger partial charge is 0.479 e. The summed E-state index contributed by atoms with van der Waals surface area (Å²) in [6, 6.07) is 17.0. The lowest BCUT2D eigenvalue weighted by atomic mass is 9.98. The average molecular weight is 390 g/mol. The fraction of sp³-hybridized carbons (Fsp3) is 0.190. The summed E-state index contributed by atoms with van der Waals surface area (Å²) in [7, 11) is 0. The molecule has 3 aromatic rings. The van der Waals surface area contributed by atoms with Crippen LogP contribution in [0.15, 0.2) is 66.9 Å². The van der Waals surface area contributed by atoms with E-state index in [2.05, 4.69) is 5.10 Å². The van der Waals surface area contributed by atoms with E-state index in [1.54, 1.807) is 10.9 Å². The van der Waals surface area contributed by atoms with Crippen LogP contribution in [0.1, 0.15) is 28.9 Å². The van der Waals surface area contributed by atoms with Gasteiger partial charge in [-0.15, -0.1) is 0 Å². The van der Waals surface area contributed by atoms with Crippen molar-refractivity contribution in [1.29, 1.82) is 0 Å². The molecule has 2 aromatic carbocycles. The number of aromatic nitrogens is 2. The van der Waals surface area contributed by atoms with Crippen LogP contribution in [0.2, 0.25) is 0 Å². The molecule has 2 aliphatic heterocycles. The Morgan fingerprint density at radius 1 is 1.10 bits per heavy atom. The zero-order chi connectivity index (χ0) is 20.0. The number of para-hydroxylation sites is 1. The van der Waals surface area contributed by atoms with Crippen molar-refractivity contribution in [2.75, 3.05) is 6.54 Å². The maximum Gasteiger partial charge on any atom is 0.345 e. The van der Waals surface area contributed by atoms with E-state index >= 15 is 0 Å². The van der Waals surface area contributed by atoms with Gasteiger partial charge in [-0.05, 0) is 17.7 Å². The molecule has 1 saturated heterocycles. The smallest absolute Gasteiger partial charge is 0.345 e. The molecule has 2 bridgehead atoms. The number of benzene rings is 2. The van der Waals surface area contributed by atoms with Crippen LogP contribution in [0, 0.1) is 0 Å². The Labute approximate surface area is 166 Å². The van der Waals surface area contributed by atoms with Gasteiger partial charge in [0.05, 0.1) is 12.2 Å². The average Bonchev–Trinajstić information content (AvgIpc) is 3.30. The predicted molar refractivity (Wildman–Crippen MR) is 102 cm³/mol. The summed E-state index contributed by atoms with van der Waals surface area (Å²) in [6.45, 7) is 0.467. The Kier molecular flexibility index (Phi) is 4.06. The third-order valence-corrected chi connectivity index (χ3v) is 5.26. The van der Waals surface area contributed by atoms with Crippen LogP contribution in [0.4, 0.5) is 4.79 Å². The molecule has 0 spiro atoms. The SMILES string of the molecule is O=C(O)C1c2nn(-c3ccccc3)cc2C2CN1C(=O)N2OCc1ccccc1. The van der Waals surface area contributed by atoms with Gasteiger partial charge in [-0.1, -0.05) is 48.5 Å². The van der Waals surface area contributed by atoms with Gasteiger partial charge in [-0.25, -0.2) is 14.3 Å². The minimum absolute atomic E-state index is 0.219. The monoisotopic (exact) mass is 390 g/mol. The number of fused-ring (bicyclic) bond motifs is 4. The highest BCUT2D eigenvalue weighted by atomic mass is 16.7. The molecule has 2 aliphatic rings. The number of carboxylic acid groups (broad SMARTS) is 1. The lowest BCUT2D eigenvalue weighted by Crippen LogP contribution is -2.38. The van der Waals surface area contributed by atoms with Crippen LogP contribution in [-0.2, 0) is 16.2 Å². The van der Waals surface area contributed by atoms with Crippen molar-refractivity contribution in [3.63, 3.8) is 0 Å². The molecule has 2 atom stereocenters. The fourth-order valence-electron chi connectivity index (χ4n) is 3.88. The summed E-state index contributed by atoms with van der Waals surface area (Å²) in [5.41, 5.74) is 2.81. The molecule has 0 aliphatic carbocycles. The Bertz CT molecular complexity index is 1070. The first-order chi connectivity index (χ1) is 14.1. The number of rotatable bonds is 5. The van der Waals surface area contributed by atoms with E-state index in [9.17, 15) is 14.7 Å². The van der Waals surface area contributed by atoms with Crippen molar-refractivity contribution in [2.24, 2.45) is 0 Å². The summed E-state index contributed by atoms with van der Waals surface area (Å²) in [5.74, 6) is -1.11. The van der Waals surface area contributed by atoms with Crippen LogP contribution in [0.3, 0.4) is 0 Å². The second kappa shape index (κ2) is 6.75. The highest BCUT2D eigenvalue weighted by Crippen LogP contribution is 2.43. The Hall–Kier alpha value is -3.65. The summed E-state index contributed by atoms with van der Waals surface area (Å²) in [5, 5.41) is 15.6. The minimum atomic E-state index is -1.14. The van der Waals surface area contributed by atoms with Crippen molar-refractivity contribution in [3.8, 4) is 5.69 Å². The molecule has 0 saturated carbocycles. The van der Waals surface area contributed by atoms with Gasteiger partial charge in [0.15, 0.2) is 6.04 Å². The summed E-state index contributed by atoms with van der Waals surface area (Å²) < 4.78 is 1.66. The number of carbonyl (C=O) groups excluding carboxylic acids is 1. The Morgan fingerprint density at radius 2 is 1.79 bits per heavy atom. The van der Waals surface area contributed by atoms with Crippen molar-refractivity contribution in [3.05, 3.63) is 83.7 Å². The highest BCUT2D eigenvalue weighted by molar-refractivity contribution is 5.86. The molecule has 1 aromatic heterocycles. The summed E-state index contributed by atoms with van der Waals surface area (Å²) in [6.07, 6.45) is 1.79. The van der Waals surface area contributed by atoms with E-state index in [0.29, 0.717) is 11.3 Å². The minimum Gasteiger partial charge on any atom is -0.479 e. The first-order valence-corrected chi connectivity index (χ1v) is 9.28. The first-order valence-electron chi connectivity index (χ1n) is 9.28. The van der Waals surface area contributed by atoms with Crippen molar-refractivity contribution in [1.82, 2.24) is 19.7 Å². The second-order valence-electron chi connectivity index (χ2n) is 7.03. The Balaban J connectivity index is 1.51. The van der Waals surface area contributed by atoms with Crippen LogP contribution in [-0.4, -0.2) is 43.4 Å². The normalized spacial score (nSPS) is 20.1. The molecule has 29 heavy (non-hydrogen) atoms. The zero-order valence-corrected chi connectivity index (χ0v) is 15.4. The number of carboxylic acids is 1. The van der Waals surface area contributed by atoms with E-state index in [0.717, 1.165) is 11.3 Å². The van der Waals surface area contributed by atoms with Crippen LogP contribution in [0.25, 0.3) is 5.69 Å². The predicted octanol–water partition coefficient (Wildman–Crippen LogP) is 2.92. The lowest BCUT2D eigenvalue weighted by molar-refractivity contribution is -0.143. The molecular formula is C21H18N4O4. The number of urea groups is 1. The standard InChI is InChI=1S/C21H18N4O4/c26-20(27)19-18-16(11-24(22-18)15-9-5-2-6-10-15)17-12-23(19)21(28)25(17)29-13-14-7-3-1-4-8-14/h1-11,17,19H,12-13H2,(H,26,27). The molecule has 3 heterocycles. The van der Waals surface area contributed by atoms with Gasteiger partial charge < -0.3 is 10.0 Å². The van der Waals surface area contributed by atoms with Gasteiger partial charge in [0.25, 0.3) is 0 Å². The van der Waals surface area contributed by atoms with E-state index in [1.807, 2.05) is 60.7 Å². The number of nitrogens with zero attached hydrogens (tertiary/aromatic N) is 4. The van der Waals surface area contributed by atoms with Crippen molar-refractivity contribution >= 4 is 12.0 Å². The molecule has 2 unspecified atom stereocenters. The molecule has 1 fully saturated rings. The number of hydrogen-bond acceptors (Lipinski definition) is 4. The van der Waals surface area contributed by atoms with Gasteiger partial charge >= 0.3 is 12.0 Å². The van der Waals surface area contributed by atoms with Gasteiger partial charge in [-0.3, -0.25) is 4.84 Å². The zero-order valence-electron chi connectivity index (χ0n) is 15.4.